The molecule has 122 valence electrons. The van der Waals surface area contributed by atoms with Crippen LogP contribution < -0.4 is 10.0 Å². The topological polar surface area (TPSA) is 73.8 Å². The highest BCUT2D eigenvalue weighted by atomic mass is 32.2. The average molecular weight is 324 g/mol. The summed E-state index contributed by atoms with van der Waals surface area (Å²) in [4.78, 5) is 6.45. The zero-order chi connectivity index (χ0) is 16.2. The average Bonchev–Trinajstić information content (AvgIpc) is 2.81. The first-order valence-electron chi connectivity index (χ1n) is 7.43. The Morgan fingerprint density at radius 3 is 2.41 bits per heavy atom. The highest BCUT2D eigenvalue weighted by Gasteiger charge is 2.13. The minimum atomic E-state index is -3.27. The van der Waals surface area contributed by atoms with Crippen molar-refractivity contribution in [1.82, 2.24) is 14.9 Å². The third kappa shape index (κ3) is 4.99. The molecule has 1 aliphatic rings. The molecule has 7 heteroatoms. The van der Waals surface area contributed by atoms with Crippen LogP contribution in [0.2, 0.25) is 0 Å². The predicted octanol–water partition coefficient (Wildman–Crippen LogP) is 0.905. The van der Waals surface area contributed by atoms with E-state index in [0.717, 1.165) is 30.2 Å². The van der Waals surface area contributed by atoms with Crippen LogP contribution in [0.4, 0.5) is 0 Å². The molecule has 0 amide bonds. The molecule has 0 saturated heterocycles. The molecule has 1 aromatic carbocycles. The van der Waals surface area contributed by atoms with Gasteiger partial charge in [-0.05, 0) is 25.0 Å². The predicted molar refractivity (Wildman–Crippen MR) is 89.1 cm³/mol. The number of guanidine groups is 1. The molecule has 0 bridgehead atoms. The second-order valence-electron chi connectivity index (χ2n) is 5.83. The van der Waals surface area contributed by atoms with E-state index < -0.39 is 10.0 Å². The third-order valence-electron chi connectivity index (χ3n) is 3.30. The normalized spacial score (nSPS) is 15.3. The molecular formula is C15H24N4O2S. The second kappa shape index (κ2) is 7.11. The fraction of sp³-hybridized carbons (Fsp3) is 0.533. The standard InChI is InChI=1S/C15H24N4O2S/c1-12(2)18-22(20,21)11-14-6-4-13(5-7-14)10-17-15-16-8-9-19(15)3/h4-7,12,18H,8-11H2,1-3H3,(H,16,17). The van der Waals surface area contributed by atoms with Crippen molar-refractivity contribution >= 4 is 16.0 Å². The SMILES string of the molecule is CC(C)NS(=O)(=O)Cc1ccc(CNC2=NCCN2C)cc1. The molecule has 1 heterocycles. The highest BCUT2D eigenvalue weighted by molar-refractivity contribution is 7.88. The van der Waals surface area contributed by atoms with Crippen molar-refractivity contribution in [1.29, 1.82) is 0 Å². The van der Waals surface area contributed by atoms with E-state index in [1.807, 2.05) is 45.2 Å². The molecule has 0 fully saturated rings. The van der Waals surface area contributed by atoms with Crippen LogP contribution in [0.25, 0.3) is 0 Å². The maximum absolute atomic E-state index is 11.9. The van der Waals surface area contributed by atoms with E-state index in [1.54, 1.807) is 0 Å². The van der Waals surface area contributed by atoms with Crippen LogP contribution in [0.15, 0.2) is 29.3 Å². The third-order valence-corrected chi connectivity index (χ3v) is 4.85. The summed E-state index contributed by atoms with van der Waals surface area (Å²) in [5.74, 6) is 0.918. The van der Waals surface area contributed by atoms with Crippen molar-refractivity contribution in [3.8, 4) is 0 Å². The first-order valence-corrected chi connectivity index (χ1v) is 9.08. The number of likely N-dealkylation sites (N-methyl/N-ethyl adjacent to an activating group) is 1. The molecular weight excluding hydrogens is 300 g/mol. The molecule has 1 aliphatic heterocycles. The summed E-state index contributed by atoms with van der Waals surface area (Å²) < 4.78 is 26.4. The van der Waals surface area contributed by atoms with Crippen LogP contribution in [0.5, 0.6) is 0 Å². The lowest BCUT2D eigenvalue weighted by molar-refractivity contribution is 0.534. The number of sulfonamides is 1. The molecule has 0 atom stereocenters. The van der Waals surface area contributed by atoms with Gasteiger partial charge in [-0.2, -0.15) is 0 Å². The van der Waals surface area contributed by atoms with Crippen LogP contribution in [0, 0.1) is 0 Å². The van der Waals surface area contributed by atoms with Crippen molar-refractivity contribution in [2.45, 2.75) is 32.2 Å². The van der Waals surface area contributed by atoms with Crippen LogP contribution in [-0.2, 0) is 22.3 Å². The number of benzene rings is 1. The molecule has 1 aromatic rings. The van der Waals surface area contributed by atoms with Gasteiger partial charge in [0.1, 0.15) is 0 Å². The van der Waals surface area contributed by atoms with E-state index in [4.69, 9.17) is 0 Å². The molecule has 2 N–H and O–H groups in total. The largest absolute Gasteiger partial charge is 0.352 e. The first-order chi connectivity index (χ1) is 10.4. The summed E-state index contributed by atoms with van der Waals surface area (Å²) in [6.45, 7) is 6.09. The summed E-state index contributed by atoms with van der Waals surface area (Å²) >= 11 is 0. The number of hydrogen-bond donors (Lipinski definition) is 2. The molecule has 2 rings (SSSR count). The Bertz CT molecular complexity index is 623. The Kier molecular flexibility index (Phi) is 5.42. The Morgan fingerprint density at radius 2 is 1.86 bits per heavy atom. The second-order valence-corrected chi connectivity index (χ2v) is 7.58. The van der Waals surface area contributed by atoms with Crippen molar-refractivity contribution in [2.75, 3.05) is 20.1 Å². The van der Waals surface area contributed by atoms with Crippen LogP contribution in [-0.4, -0.2) is 45.5 Å². The fourth-order valence-corrected chi connectivity index (χ4v) is 3.71. The Hall–Kier alpha value is -1.60. The van der Waals surface area contributed by atoms with Gasteiger partial charge < -0.3 is 10.2 Å². The van der Waals surface area contributed by atoms with E-state index in [9.17, 15) is 8.42 Å². The quantitative estimate of drug-likeness (QED) is 0.815. The number of hydrogen-bond acceptors (Lipinski definition) is 5. The van der Waals surface area contributed by atoms with Gasteiger partial charge in [0.15, 0.2) is 5.96 Å². The van der Waals surface area contributed by atoms with Gasteiger partial charge in [-0.15, -0.1) is 0 Å². The van der Waals surface area contributed by atoms with Gasteiger partial charge >= 0.3 is 0 Å². The van der Waals surface area contributed by atoms with Gasteiger partial charge in [0, 0.05) is 26.2 Å². The maximum Gasteiger partial charge on any atom is 0.216 e. The Balaban J connectivity index is 1.90. The molecule has 0 radical (unpaired) electrons. The minimum Gasteiger partial charge on any atom is -0.352 e. The van der Waals surface area contributed by atoms with E-state index in [1.165, 1.54) is 0 Å². The van der Waals surface area contributed by atoms with Crippen molar-refractivity contribution in [3.63, 3.8) is 0 Å². The van der Waals surface area contributed by atoms with Crippen LogP contribution in [0.3, 0.4) is 0 Å². The lowest BCUT2D eigenvalue weighted by Gasteiger charge is -2.15. The zero-order valence-corrected chi connectivity index (χ0v) is 14.2. The first kappa shape index (κ1) is 16.8. The molecule has 6 nitrogen and oxygen atoms in total. The van der Waals surface area contributed by atoms with E-state index >= 15 is 0 Å². The van der Waals surface area contributed by atoms with Gasteiger partial charge in [-0.3, -0.25) is 4.99 Å². The molecule has 0 saturated carbocycles. The van der Waals surface area contributed by atoms with Crippen molar-refractivity contribution in [2.24, 2.45) is 4.99 Å². The Morgan fingerprint density at radius 1 is 1.23 bits per heavy atom. The lowest BCUT2D eigenvalue weighted by atomic mass is 10.1. The summed E-state index contributed by atoms with van der Waals surface area (Å²) in [7, 11) is -1.26. The summed E-state index contributed by atoms with van der Waals surface area (Å²) in [6.07, 6.45) is 0. The highest BCUT2D eigenvalue weighted by Crippen LogP contribution is 2.09. The van der Waals surface area contributed by atoms with E-state index in [0.29, 0.717) is 6.54 Å². The number of nitrogens with zero attached hydrogens (tertiary/aromatic N) is 2. The fourth-order valence-electron chi connectivity index (χ4n) is 2.28. The van der Waals surface area contributed by atoms with E-state index in [-0.39, 0.29) is 11.8 Å². The van der Waals surface area contributed by atoms with Crippen LogP contribution >= 0.6 is 0 Å². The maximum atomic E-state index is 11.9. The summed E-state index contributed by atoms with van der Waals surface area (Å²) in [5.41, 5.74) is 1.88. The van der Waals surface area contributed by atoms with E-state index in [2.05, 4.69) is 19.9 Å². The smallest absolute Gasteiger partial charge is 0.216 e. The lowest BCUT2D eigenvalue weighted by Crippen LogP contribution is -2.35. The molecule has 0 spiro atoms. The number of nitrogens with one attached hydrogen (secondary N) is 2. The molecule has 0 aliphatic carbocycles. The van der Waals surface area contributed by atoms with Crippen molar-refractivity contribution < 1.29 is 8.42 Å². The summed E-state index contributed by atoms with van der Waals surface area (Å²) in [6, 6.07) is 7.52. The van der Waals surface area contributed by atoms with Crippen LogP contribution in [0.1, 0.15) is 25.0 Å². The Labute approximate surface area is 132 Å². The molecule has 0 aromatic heterocycles. The molecule has 22 heavy (non-hydrogen) atoms. The monoisotopic (exact) mass is 324 g/mol. The molecule has 0 unspecified atom stereocenters. The van der Waals surface area contributed by atoms with Crippen molar-refractivity contribution in [3.05, 3.63) is 35.4 Å². The van der Waals surface area contributed by atoms with Gasteiger partial charge in [0.25, 0.3) is 0 Å². The van der Waals surface area contributed by atoms with Gasteiger partial charge in [-0.25, -0.2) is 13.1 Å². The minimum absolute atomic E-state index is 0.00827. The number of rotatable bonds is 6. The van der Waals surface area contributed by atoms with Gasteiger partial charge in [-0.1, -0.05) is 24.3 Å². The van der Waals surface area contributed by atoms with Gasteiger partial charge in [0.2, 0.25) is 10.0 Å². The van der Waals surface area contributed by atoms with Gasteiger partial charge in [0.05, 0.1) is 12.3 Å². The summed E-state index contributed by atoms with van der Waals surface area (Å²) in [5, 5.41) is 3.29. The number of aliphatic imine (C=N–C) groups is 1. The zero-order valence-electron chi connectivity index (χ0n) is 13.3.